The van der Waals surface area contributed by atoms with Gasteiger partial charge in [-0.25, -0.2) is 4.98 Å². The first-order valence-electron chi connectivity index (χ1n) is 3.68. The fraction of sp³-hybridized carbons (Fsp3) is 0.250. The van der Waals surface area contributed by atoms with Crippen LogP contribution in [-0.4, -0.2) is 16.0 Å². The van der Waals surface area contributed by atoms with Gasteiger partial charge in [0.2, 0.25) is 5.24 Å². The molecule has 1 heterocycles. The van der Waals surface area contributed by atoms with Crippen molar-refractivity contribution in [3.05, 3.63) is 24.4 Å². The highest BCUT2D eigenvalue weighted by Crippen LogP contribution is 2.29. The maximum atomic E-state index is 10.4. The quantitative estimate of drug-likeness (QED) is 0.444. The Morgan fingerprint density at radius 1 is 1.54 bits per heavy atom. The first kappa shape index (κ1) is 10.9. The summed E-state index contributed by atoms with van der Waals surface area (Å²) in [5.74, 6) is 0.726. The molecule has 13 heavy (non-hydrogen) atoms. The molecule has 0 aromatic carbocycles. The lowest BCUT2D eigenvalue weighted by molar-refractivity contribution is -0.111. The van der Waals surface area contributed by atoms with Crippen molar-refractivity contribution in [2.75, 3.05) is 5.75 Å². The SMILES string of the molecule is O=C(Cl)CCSSc1ccccn1. The maximum Gasteiger partial charge on any atom is 0.222 e. The highest BCUT2D eigenvalue weighted by molar-refractivity contribution is 8.76. The molecule has 0 atom stereocenters. The molecule has 1 aromatic heterocycles. The fourth-order valence-corrected chi connectivity index (χ4v) is 2.70. The molecular formula is C8H8ClNOS2. The van der Waals surface area contributed by atoms with Gasteiger partial charge in [0.1, 0.15) is 5.03 Å². The Bertz CT molecular complexity index is 268. The summed E-state index contributed by atoms with van der Waals surface area (Å²) in [5, 5.41) is 0.670. The van der Waals surface area contributed by atoms with E-state index >= 15 is 0 Å². The van der Waals surface area contributed by atoms with E-state index in [9.17, 15) is 4.79 Å². The normalized spacial score (nSPS) is 9.92. The summed E-state index contributed by atoms with van der Waals surface area (Å²) in [6, 6.07) is 5.74. The van der Waals surface area contributed by atoms with Crippen molar-refractivity contribution in [1.29, 1.82) is 0 Å². The number of halogens is 1. The molecule has 0 aliphatic rings. The third-order valence-corrected chi connectivity index (χ3v) is 3.62. The average Bonchev–Trinajstić information content (AvgIpc) is 2.14. The molecule has 0 amide bonds. The third-order valence-electron chi connectivity index (χ3n) is 1.16. The van der Waals surface area contributed by atoms with Gasteiger partial charge < -0.3 is 0 Å². The van der Waals surface area contributed by atoms with Crippen LogP contribution in [-0.2, 0) is 4.79 Å². The van der Waals surface area contributed by atoms with E-state index in [0.29, 0.717) is 6.42 Å². The molecule has 0 fully saturated rings. The molecule has 1 rings (SSSR count). The van der Waals surface area contributed by atoms with Crippen molar-refractivity contribution in [3.8, 4) is 0 Å². The van der Waals surface area contributed by atoms with Gasteiger partial charge in [0.15, 0.2) is 0 Å². The Kier molecular flexibility index (Phi) is 5.27. The summed E-state index contributed by atoms with van der Waals surface area (Å²) in [7, 11) is 3.14. The lowest BCUT2D eigenvalue weighted by Gasteiger charge is -1.96. The van der Waals surface area contributed by atoms with E-state index in [0.717, 1.165) is 10.8 Å². The van der Waals surface area contributed by atoms with Crippen LogP contribution in [0.3, 0.4) is 0 Å². The lowest BCUT2D eigenvalue weighted by Crippen LogP contribution is -1.86. The predicted molar refractivity (Wildman–Crippen MR) is 58.0 cm³/mol. The summed E-state index contributed by atoms with van der Waals surface area (Å²) >= 11 is 5.18. The van der Waals surface area contributed by atoms with Gasteiger partial charge in [-0.3, -0.25) is 4.79 Å². The number of aromatic nitrogens is 1. The zero-order chi connectivity index (χ0) is 9.52. The Labute approximate surface area is 89.9 Å². The van der Waals surface area contributed by atoms with Gasteiger partial charge in [-0.1, -0.05) is 16.9 Å². The lowest BCUT2D eigenvalue weighted by atomic mass is 10.5. The van der Waals surface area contributed by atoms with Crippen molar-refractivity contribution in [2.45, 2.75) is 11.4 Å². The van der Waals surface area contributed by atoms with Crippen molar-refractivity contribution >= 4 is 38.4 Å². The summed E-state index contributed by atoms with van der Waals surface area (Å²) in [4.78, 5) is 14.5. The second-order valence-corrected chi connectivity index (χ2v) is 5.04. The van der Waals surface area contributed by atoms with Crippen molar-refractivity contribution in [1.82, 2.24) is 4.98 Å². The van der Waals surface area contributed by atoms with Crippen molar-refractivity contribution in [3.63, 3.8) is 0 Å². The highest BCUT2D eigenvalue weighted by Gasteiger charge is 1.98. The number of nitrogens with zero attached hydrogens (tertiary/aromatic N) is 1. The van der Waals surface area contributed by atoms with Crippen molar-refractivity contribution in [2.24, 2.45) is 0 Å². The summed E-state index contributed by atoms with van der Waals surface area (Å²) in [5.41, 5.74) is 0. The largest absolute Gasteiger partial charge is 0.281 e. The molecule has 70 valence electrons. The van der Waals surface area contributed by atoms with Gasteiger partial charge in [-0.2, -0.15) is 0 Å². The first-order chi connectivity index (χ1) is 6.29. The number of carbonyl (C=O) groups excluding carboxylic acids is 1. The van der Waals surface area contributed by atoms with Gasteiger partial charge in [-0.15, -0.1) is 0 Å². The molecule has 0 N–H and O–H groups in total. The van der Waals surface area contributed by atoms with Crippen LogP contribution < -0.4 is 0 Å². The van der Waals surface area contributed by atoms with Crippen LogP contribution in [0, 0.1) is 0 Å². The maximum absolute atomic E-state index is 10.4. The molecule has 0 aliphatic heterocycles. The summed E-state index contributed by atoms with van der Waals surface area (Å²) < 4.78 is 0. The van der Waals surface area contributed by atoms with E-state index in [1.807, 2.05) is 18.2 Å². The molecule has 0 spiro atoms. The molecule has 5 heteroatoms. The minimum Gasteiger partial charge on any atom is -0.281 e. The van der Waals surface area contributed by atoms with Gasteiger partial charge in [0.25, 0.3) is 0 Å². The van der Waals surface area contributed by atoms with E-state index in [4.69, 9.17) is 11.6 Å². The third kappa shape index (κ3) is 5.18. The van der Waals surface area contributed by atoms with Crippen LogP contribution in [0.15, 0.2) is 29.4 Å². The van der Waals surface area contributed by atoms with Gasteiger partial charge in [0.05, 0.1) is 0 Å². The van der Waals surface area contributed by atoms with Gasteiger partial charge in [0, 0.05) is 18.4 Å². The molecule has 0 saturated carbocycles. The van der Waals surface area contributed by atoms with Crippen LogP contribution in [0.4, 0.5) is 0 Å². The van der Waals surface area contributed by atoms with Crippen LogP contribution in [0.25, 0.3) is 0 Å². The van der Waals surface area contributed by atoms with E-state index in [1.54, 1.807) is 27.8 Å². The molecule has 0 saturated heterocycles. The monoisotopic (exact) mass is 233 g/mol. The minimum absolute atomic E-state index is 0.283. The fourth-order valence-electron chi connectivity index (χ4n) is 0.620. The second-order valence-electron chi connectivity index (χ2n) is 2.18. The standard InChI is InChI=1S/C8H8ClNOS2/c9-7(11)4-6-12-13-8-3-1-2-5-10-8/h1-3,5H,4,6H2. The number of rotatable bonds is 5. The van der Waals surface area contributed by atoms with E-state index in [-0.39, 0.29) is 5.24 Å². The van der Waals surface area contributed by atoms with Gasteiger partial charge >= 0.3 is 0 Å². The van der Waals surface area contributed by atoms with E-state index in [2.05, 4.69) is 4.98 Å². The first-order valence-corrected chi connectivity index (χ1v) is 6.37. The molecular weight excluding hydrogens is 226 g/mol. The molecule has 2 nitrogen and oxygen atoms in total. The number of pyridine rings is 1. The van der Waals surface area contributed by atoms with Crippen molar-refractivity contribution < 1.29 is 4.79 Å². The summed E-state index contributed by atoms with van der Waals surface area (Å²) in [6.45, 7) is 0. The second kappa shape index (κ2) is 6.29. The molecule has 0 bridgehead atoms. The topological polar surface area (TPSA) is 30.0 Å². The van der Waals surface area contributed by atoms with E-state index < -0.39 is 0 Å². The van der Waals surface area contributed by atoms with Crippen LogP contribution in [0.5, 0.6) is 0 Å². The highest BCUT2D eigenvalue weighted by atomic mass is 35.5. The zero-order valence-corrected chi connectivity index (χ0v) is 9.16. The minimum atomic E-state index is -0.283. The summed E-state index contributed by atoms with van der Waals surface area (Å²) in [6.07, 6.45) is 2.15. The Hall–Kier alpha value is -0.190. The smallest absolute Gasteiger partial charge is 0.222 e. The molecule has 0 aliphatic carbocycles. The van der Waals surface area contributed by atoms with E-state index in [1.165, 1.54) is 0 Å². The number of hydrogen-bond acceptors (Lipinski definition) is 4. The van der Waals surface area contributed by atoms with Gasteiger partial charge in [-0.05, 0) is 34.5 Å². The Balaban J connectivity index is 2.17. The molecule has 1 aromatic rings. The van der Waals surface area contributed by atoms with Crippen LogP contribution in [0.2, 0.25) is 0 Å². The Morgan fingerprint density at radius 2 is 2.38 bits per heavy atom. The predicted octanol–water partition coefficient (Wildman–Crippen LogP) is 2.98. The zero-order valence-electron chi connectivity index (χ0n) is 6.77. The molecule has 0 radical (unpaired) electrons. The average molecular weight is 234 g/mol. The van der Waals surface area contributed by atoms with Crippen LogP contribution in [0.1, 0.15) is 6.42 Å². The van der Waals surface area contributed by atoms with Crippen LogP contribution >= 0.6 is 33.2 Å². The number of carbonyl (C=O) groups is 1. The number of hydrogen-bond donors (Lipinski definition) is 0. The molecule has 0 unspecified atom stereocenters. The Morgan fingerprint density at radius 3 is 3.00 bits per heavy atom.